The van der Waals surface area contributed by atoms with E-state index in [1.807, 2.05) is 28.9 Å². The summed E-state index contributed by atoms with van der Waals surface area (Å²) >= 11 is 0. The molecule has 0 N–H and O–H groups in total. The number of rotatable bonds is 7. The van der Waals surface area contributed by atoms with Gasteiger partial charge in [-0.15, -0.1) is 0 Å². The first-order valence-electron chi connectivity index (χ1n) is 18.5. The molecule has 2 saturated carbocycles. The van der Waals surface area contributed by atoms with Crippen molar-refractivity contribution in [2.45, 2.75) is 95.2 Å². The number of benzene rings is 4. The summed E-state index contributed by atoms with van der Waals surface area (Å²) in [5.74, 6) is -0.527. The zero-order valence-electron chi connectivity index (χ0n) is 29.3. The van der Waals surface area contributed by atoms with Crippen molar-refractivity contribution in [1.29, 1.82) is 0 Å². The van der Waals surface area contributed by atoms with Crippen LogP contribution in [-0.4, -0.2) is 34.3 Å². The monoisotopic (exact) mass is 670 g/mol. The molecule has 0 spiro atoms. The molecule has 8 rings (SSSR count). The van der Waals surface area contributed by atoms with Gasteiger partial charge in [-0.05, 0) is 73.8 Å². The third kappa shape index (κ3) is 7.78. The zero-order chi connectivity index (χ0) is 33.5. The zero-order valence-corrected chi connectivity index (χ0v) is 30.2. The van der Waals surface area contributed by atoms with Gasteiger partial charge in [0.25, 0.3) is 0 Å². The Morgan fingerprint density at radius 3 is 1.78 bits per heavy atom. The first kappa shape index (κ1) is 33.9. The average molecular weight is 671 g/mol. The molecule has 1 saturated heterocycles. The average Bonchev–Trinajstić information content (AvgIpc) is 3.82. The summed E-state index contributed by atoms with van der Waals surface area (Å²) in [5.41, 5.74) is 9.85. The van der Waals surface area contributed by atoms with Crippen molar-refractivity contribution in [3.63, 3.8) is 0 Å². The van der Waals surface area contributed by atoms with Gasteiger partial charge < -0.3 is 9.47 Å². The Morgan fingerprint density at radius 1 is 0.633 bits per heavy atom. The van der Waals surface area contributed by atoms with Crippen molar-refractivity contribution in [3.8, 4) is 28.2 Å². The minimum absolute atomic E-state index is 0.121. The van der Waals surface area contributed by atoms with Crippen molar-refractivity contribution >= 4 is 13.2 Å². The largest absolute Gasteiger partial charge is 0.344 e. The molecule has 49 heavy (non-hydrogen) atoms. The number of hydrogen-bond acceptors (Lipinski definition) is 3. The van der Waals surface area contributed by atoms with E-state index in [-0.39, 0.29) is 7.92 Å². The summed E-state index contributed by atoms with van der Waals surface area (Å²) < 4.78 is 14.2. The van der Waals surface area contributed by atoms with Gasteiger partial charge in [-0.25, -0.2) is 4.68 Å². The molecule has 2 aliphatic carbocycles. The number of para-hydroxylation sites is 1. The van der Waals surface area contributed by atoms with Gasteiger partial charge in [0, 0.05) is 16.7 Å². The fraction of sp³-hybridized carbons (Fsp3) is 0.386. The number of aromatic nitrogens is 2. The standard InChI is InChI=1S/C22H18N2.C22H33O2P/c1-17-10-8-9-15-21(17)24-22(19-13-6-3-7-14-19)16-20(23-24)18-11-4-2-5-12-18;1-22(23-16-17-24-22)20-14-8-9-15-21(20)25(18-10-4-2-5-11-18)19-12-6-3-7-13-19/h2-16H,1H3;8-9,14-15,18-19H,2-7,10-13,16-17H2,1H3. The molecule has 3 aliphatic rings. The third-order valence-electron chi connectivity index (χ3n) is 10.6. The van der Waals surface area contributed by atoms with Crippen LogP contribution >= 0.6 is 7.92 Å². The van der Waals surface area contributed by atoms with Crippen LogP contribution in [0.3, 0.4) is 0 Å². The van der Waals surface area contributed by atoms with Crippen LogP contribution in [0, 0.1) is 6.92 Å². The van der Waals surface area contributed by atoms with Crippen molar-refractivity contribution in [1.82, 2.24) is 9.78 Å². The SMILES string of the molecule is CC1(c2ccccc2P(C2CCCCC2)C2CCCCC2)OCCO1.Cc1ccccc1-n1nc(-c2ccccc2)cc1-c1ccccc1. The van der Waals surface area contributed by atoms with Gasteiger partial charge >= 0.3 is 0 Å². The van der Waals surface area contributed by atoms with Crippen LogP contribution in [0.1, 0.15) is 82.3 Å². The Bertz CT molecular complexity index is 1750. The second-order valence-corrected chi connectivity index (χ2v) is 16.8. The molecule has 0 radical (unpaired) electrons. The van der Waals surface area contributed by atoms with E-state index in [1.54, 1.807) is 5.30 Å². The Kier molecular flexibility index (Phi) is 11.1. The van der Waals surface area contributed by atoms with E-state index in [0.717, 1.165) is 52.7 Å². The minimum Gasteiger partial charge on any atom is -0.344 e. The van der Waals surface area contributed by atoms with Gasteiger partial charge in [0.05, 0.1) is 30.3 Å². The predicted octanol–water partition coefficient (Wildman–Crippen LogP) is 11.2. The molecule has 1 aromatic heterocycles. The molecule has 254 valence electrons. The molecule has 3 fully saturated rings. The first-order chi connectivity index (χ1) is 24.1. The van der Waals surface area contributed by atoms with E-state index in [2.05, 4.69) is 105 Å². The Morgan fingerprint density at radius 2 is 1.16 bits per heavy atom. The van der Waals surface area contributed by atoms with E-state index in [9.17, 15) is 0 Å². The fourth-order valence-electron chi connectivity index (χ4n) is 8.09. The van der Waals surface area contributed by atoms with Crippen LogP contribution in [0.2, 0.25) is 0 Å². The van der Waals surface area contributed by atoms with Crippen molar-refractivity contribution < 1.29 is 9.47 Å². The highest BCUT2D eigenvalue weighted by molar-refractivity contribution is 7.67. The van der Waals surface area contributed by atoms with Crippen LogP contribution in [0.25, 0.3) is 28.2 Å². The lowest BCUT2D eigenvalue weighted by atomic mass is 9.99. The lowest BCUT2D eigenvalue weighted by Gasteiger charge is -2.41. The van der Waals surface area contributed by atoms with Gasteiger partial charge in [-0.2, -0.15) is 5.10 Å². The maximum Gasteiger partial charge on any atom is 0.192 e. The summed E-state index contributed by atoms with van der Waals surface area (Å²) in [6.07, 6.45) is 14.4. The molecule has 5 aromatic rings. The smallest absolute Gasteiger partial charge is 0.192 e. The van der Waals surface area contributed by atoms with Crippen LogP contribution in [0.4, 0.5) is 0 Å². The predicted molar refractivity (Wildman–Crippen MR) is 205 cm³/mol. The molecule has 4 nitrogen and oxygen atoms in total. The summed E-state index contributed by atoms with van der Waals surface area (Å²) in [4.78, 5) is 0. The molecule has 0 amide bonds. The maximum absolute atomic E-state index is 6.08. The van der Waals surface area contributed by atoms with Crippen molar-refractivity contribution in [2.24, 2.45) is 0 Å². The first-order valence-corrected chi connectivity index (χ1v) is 20.0. The van der Waals surface area contributed by atoms with Crippen LogP contribution < -0.4 is 5.30 Å². The molecule has 0 bridgehead atoms. The number of aryl methyl sites for hydroxylation is 1. The second-order valence-electron chi connectivity index (χ2n) is 14.0. The Balaban J connectivity index is 0.000000154. The van der Waals surface area contributed by atoms with Gasteiger partial charge in [-0.1, -0.05) is 150 Å². The lowest BCUT2D eigenvalue weighted by Crippen LogP contribution is -2.34. The molecule has 0 atom stereocenters. The maximum atomic E-state index is 6.08. The summed E-state index contributed by atoms with van der Waals surface area (Å²) in [7, 11) is -0.121. The highest BCUT2D eigenvalue weighted by atomic mass is 31.1. The van der Waals surface area contributed by atoms with Gasteiger partial charge in [0.15, 0.2) is 5.79 Å². The van der Waals surface area contributed by atoms with Gasteiger partial charge in [-0.3, -0.25) is 0 Å². The molecule has 4 aromatic carbocycles. The van der Waals surface area contributed by atoms with E-state index in [4.69, 9.17) is 14.6 Å². The number of nitrogens with zero attached hydrogens (tertiary/aromatic N) is 2. The topological polar surface area (TPSA) is 36.3 Å². The number of hydrogen-bond donors (Lipinski definition) is 0. The molecule has 5 heteroatoms. The van der Waals surface area contributed by atoms with Crippen LogP contribution in [0.15, 0.2) is 115 Å². The fourth-order valence-corrected chi connectivity index (χ4v) is 12.1. The molecule has 0 unspecified atom stereocenters. The van der Waals surface area contributed by atoms with E-state index in [0.29, 0.717) is 0 Å². The quantitative estimate of drug-likeness (QED) is 0.162. The minimum atomic E-state index is -0.527. The Labute approximate surface area is 294 Å². The van der Waals surface area contributed by atoms with Gasteiger partial charge in [0.1, 0.15) is 0 Å². The molecular formula is C44H51N2O2P. The van der Waals surface area contributed by atoms with Crippen molar-refractivity contribution in [3.05, 3.63) is 126 Å². The molecular weight excluding hydrogens is 619 g/mol. The van der Waals surface area contributed by atoms with Crippen LogP contribution in [-0.2, 0) is 15.3 Å². The molecule has 1 aliphatic heterocycles. The van der Waals surface area contributed by atoms with E-state index >= 15 is 0 Å². The highest BCUT2D eigenvalue weighted by Crippen LogP contribution is 2.56. The summed E-state index contributed by atoms with van der Waals surface area (Å²) in [6, 6.07) is 40.4. The lowest BCUT2D eigenvalue weighted by molar-refractivity contribution is -0.149. The summed E-state index contributed by atoms with van der Waals surface area (Å²) in [5, 5.41) is 6.50. The van der Waals surface area contributed by atoms with Crippen molar-refractivity contribution in [2.75, 3.05) is 13.2 Å². The highest BCUT2D eigenvalue weighted by Gasteiger charge is 2.40. The number of ether oxygens (including phenoxy) is 2. The third-order valence-corrected chi connectivity index (χ3v) is 14.2. The van der Waals surface area contributed by atoms with Crippen LogP contribution in [0.5, 0.6) is 0 Å². The molecule has 2 heterocycles. The van der Waals surface area contributed by atoms with Gasteiger partial charge in [0.2, 0.25) is 0 Å². The normalized spacial score (nSPS) is 18.3. The second kappa shape index (κ2) is 16.0. The summed E-state index contributed by atoms with van der Waals surface area (Å²) in [6.45, 7) is 5.69. The van der Waals surface area contributed by atoms with E-state index < -0.39 is 5.79 Å². The van der Waals surface area contributed by atoms with E-state index in [1.165, 1.54) is 75.3 Å². The Hall–Kier alpha value is -3.56.